The Morgan fingerprint density at radius 2 is 1.71 bits per heavy atom. The topological polar surface area (TPSA) is 29.1 Å². The maximum absolute atomic E-state index is 12.2. The molecular formula is C18H20BrNO. The van der Waals surface area contributed by atoms with Gasteiger partial charge in [0.1, 0.15) is 0 Å². The molecule has 2 aromatic carbocycles. The Labute approximate surface area is 134 Å². The van der Waals surface area contributed by atoms with Crippen LogP contribution in [0.1, 0.15) is 26.3 Å². The summed E-state index contributed by atoms with van der Waals surface area (Å²) in [6.07, 6.45) is 0. The van der Waals surface area contributed by atoms with Crippen LogP contribution in [-0.4, -0.2) is 5.91 Å². The van der Waals surface area contributed by atoms with Crippen LogP contribution >= 0.6 is 15.9 Å². The van der Waals surface area contributed by atoms with Crippen molar-refractivity contribution in [2.75, 3.05) is 5.32 Å². The van der Waals surface area contributed by atoms with Crippen LogP contribution in [0.5, 0.6) is 0 Å². The number of benzene rings is 2. The first-order valence-electron chi connectivity index (χ1n) is 6.96. The molecule has 2 aromatic rings. The van der Waals surface area contributed by atoms with E-state index in [4.69, 9.17) is 0 Å². The molecule has 0 atom stereocenters. The SMILES string of the molecule is Cc1cc(Br)c(NC(=O)C(C)(C)C)cc1-c1ccccc1. The van der Waals surface area contributed by atoms with Crippen molar-refractivity contribution in [3.63, 3.8) is 0 Å². The second kappa shape index (κ2) is 6.02. The van der Waals surface area contributed by atoms with Gasteiger partial charge < -0.3 is 5.32 Å². The summed E-state index contributed by atoms with van der Waals surface area (Å²) >= 11 is 3.53. The summed E-state index contributed by atoms with van der Waals surface area (Å²) in [5.74, 6) is 0.00562. The highest BCUT2D eigenvalue weighted by atomic mass is 79.9. The maximum atomic E-state index is 12.2. The van der Waals surface area contributed by atoms with Gasteiger partial charge in [0.2, 0.25) is 5.91 Å². The molecule has 0 heterocycles. The minimum Gasteiger partial charge on any atom is -0.325 e. The molecule has 0 spiro atoms. The minimum atomic E-state index is -0.419. The molecule has 21 heavy (non-hydrogen) atoms. The molecule has 1 N–H and O–H groups in total. The molecule has 0 radical (unpaired) electrons. The predicted octanol–water partition coefficient (Wildman–Crippen LogP) is 5.41. The third-order valence-corrected chi connectivity index (χ3v) is 3.98. The first-order valence-corrected chi connectivity index (χ1v) is 7.75. The molecule has 0 saturated carbocycles. The van der Waals surface area contributed by atoms with Crippen LogP contribution in [0.15, 0.2) is 46.9 Å². The molecule has 2 nitrogen and oxygen atoms in total. The van der Waals surface area contributed by atoms with Crippen LogP contribution in [0.25, 0.3) is 11.1 Å². The van der Waals surface area contributed by atoms with Crippen LogP contribution in [0, 0.1) is 12.3 Å². The average Bonchev–Trinajstić information content (AvgIpc) is 2.41. The lowest BCUT2D eigenvalue weighted by molar-refractivity contribution is -0.123. The molecule has 0 aliphatic heterocycles. The van der Waals surface area contributed by atoms with Gasteiger partial charge in [-0.1, -0.05) is 51.1 Å². The number of aryl methyl sites for hydroxylation is 1. The van der Waals surface area contributed by atoms with Gasteiger partial charge in [0.25, 0.3) is 0 Å². The van der Waals surface area contributed by atoms with Crippen LogP contribution in [0.2, 0.25) is 0 Å². The molecule has 0 unspecified atom stereocenters. The van der Waals surface area contributed by atoms with Crippen molar-refractivity contribution in [3.8, 4) is 11.1 Å². The van der Waals surface area contributed by atoms with E-state index < -0.39 is 5.41 Å². The fourth-order valence-electron chi connectivity index (χ4n) is 2.01. The first-order chi connectivity index (χ1) is 9.79. The Hall–Kier alpha value is -1.61. The van der Waals surface area contributed by atoms with Crippen molar-refractivity contribution < 1.29 is 4.79 Å². The summed E-state index contributed by atoms with van der Waals surface area (Å²) in [5, 5.41) is 3.00. The number of rotatable bonds is 2. The molecule has 1 amide bonds. The van der Waals surface area contributed by atoms with Gasteiger partial charge in [0.15, 0.2) is 0 Å². The first kappa shape index (κ1) is 15.8. The van der Waals surface area contributed by atoms with Crippen LogP contribution in [-0.2, 0) is 4.79 Å². The van der Waals surface area contributed by atoms with Crippen molar-refractivity contribution in [3.05, 3.63) is 52.5 Å². The average molecular weight is 346 g/mol. The highest BCUT2D eigenvalue weighted by Gasteiger charge is 2.22. The van der Waals surface area contributed by atoms with Crippen molar-refractivity contribution >= 4 is 27.5 Å². The van der Waals surface area contributed by atoms with E-state index in [0.717, 1.165) is 21.3 Å². The van der Waals surface area contributed by atoms with Crippen molar-refractivity contribution in [2.24, 2.45) is 5.41 Å². The highest BCUT2D eigenvalue weighted by Crippen LogP contribution is 2.33. The lowest BCUT2D eigenvalue weighted by atomic mass is 9.95. The zero-order valence-corrected chi connectivity index (χ0v) is 14.4. The number of hydrogen-bond acceptors (Lipinski definition) is 1. The van der Waals surface area contributed by atoms with Gasteiger partial charge >= 0.3 is 0 Å². The lowest BCUT2D eigenvalue weighted by Gasteiger charge is -2.19. The number of carbonyl (C=O) groups is 1. The highest BCUT2D eigenvalue weighted by molar-refractivity contribution is 9.10. The predicted molar refractivity (Wildman–Crippen MR) is 92.4 cm³/mol. The Balaban J connectivity index is 2.42. The summed E-state index contributed by atoms with van der Waals surface area (Å²) in [5.41, 5.74) is 3.83. The monoisotopic (exact) mass is 345 g/mol. The minimum absolute atomic E-state index is 0.00562. The van der Waals surface area contributed by atoms with E-state index in [9.17, 15) is 4.79 Å². The Kier molecular flexibility index (Phi) is 4.52. The smallest absolute Gasteiger partial charge is 0.229 e. The van der Waals surface area contributed by atoms with Crippen LogP contribution in [0.3, 0.4) is 0 Å². The van der Waals surface area contributed by atoms with Gasteiger partial charge in [-0.15, -0.1) is 0 Å². The summed E-state index contributed by atoms with van der Waals surface area (Å²) in [6, 6.07) is 14.3. The van der Waals surface area contributed by atoms with Gasteiger partial charge in [0.05, 0.1) is 5.69 Å². The Morgan fingerprint density at radius 3 is 2.29 bits per heavy atom. The molecule has 0 aliphatic rings. The summed E-state index contributed by atoms with van der Waals surface area (Å²) in [7, 11) is 0. The summed E-state index contributed by atoms with van der Waals surface area (Å²) in [6.45, 7) is 7.79. The number of carbonyl (C=O) groups excluding carboxylic acids is 1. The molecule has 2 rings (SSSR count). The van der Waals surface area contributed by atoms with E-state index in [-0.39, 0.29) is 5.91 Å². The number of anilines is 1. The molecule has 0 fully saturated rings. The lowest BCUT2D eigenvalue weighted by Crippen LogP contribution is -2.27. The zero-order valence-electron chi connectivity index (χ0n) is 12.8. The third kappa shape index (κ3) is 3.73. The second-order valence-corrected chi connectivity index (χ2v) is 7.07. The fraction of sp³-hybridized carbons (Fsp3) is 0.278. The Bertz CT molecular complexity index is 657. The van der Waals surface area contributed by atoms with Gasteiger partial charge in [0, 0.05) is 9.89 Å². The van der Waals surface area contributed by atoms with Crippen LogP contribution < -0.4 is 5.32 Å². The Morgan fingerprint density at radius 1 is 1.10 bits per heavy atom. The van der Waals surface area contributed by atoms with Gasteiger partial charge in [-0.25, -0.2) is 0 Å². The van der Waals surface area contributed by atoms with E-state index in [2.05, 4.69) is 40.3 Å². The van der Waals surface area contributed by atoms with E-state index >= 15 is 0 Å². The van der Waals surface area contributed by atoms with Crippen molar-refractivity contribution in [2.45, 2.75) is 27.7 Å². The zero-order chi connectivity index (χ0) is 15.6. The number of amides is 1. The largest absolute Gasteiger partial charge is 0.325 e. The molecule has 0 aliphatic carbocycles. The van der Waals surface area contributed by atoms with Gasteiger partial charge in [-0.3, -0.25) is 4.79 Å². The van der Waals surface area contributed by atoms with Crippen LogP contribution in [0.4, 0.5) is 5.69 Å². The van der Waals surface area contributed by atoms with E-state index in [1.807, 2.05) is 51.1 Å². The summed E-state index contributed by atoms with van der Waals surface area (Å²) in [4.78, 5) is 12.2. The number of halogens is 1. The molecule has 0 bridgehead atoms. The molecule has 3 heteroatoms. The molecular weight excluding hydrogens is 326 g/mol. The molecule has 0 saturated heterocycles. The fourth-order valence-corrected chi connectivity index (χ4v) is 2.56. The summed E-state index contributed by atoms with van der Waals surface area (Å²) < 4.78 is 0.900. The van der Waals surface area contributed by atoms with Gasteiger partial charge in [-0.05, 0) is 51.7 Å². The molecule has 0 aromatic heterocycles. The standard InChI is InChI=1S/C18H20BrNO/c1-12-10-15(19)16(20-17(21)18(2,3)4)11-14(12)13-8-6-5-7-9-13/h5-11H,1-4H3,(H,20,21). The third-order valence-electron chi connectivity index (χ3n) is 3.33. The van der Waals surface area contributed by atoms with E-state index in [0.29, 0.717) is 0 Å². The molecule has 110 valence electrons. The maximum Gasteiger partial charge on any atom is 0.229 e. The quantitative estimate of drug-likeness (QED) is 0.774. The normalized spacial score (nSPS) is 11.3. The number of nitrogens with one attached hydrogen (secondary N) is 1. The van der Waals surface area contributed by atoms with E-state index in [1.165, 1.54) is 5.56 Å². The van der Waals surface area contributed by atoms with Gasteiger partial charge in [-0.2, -0.15) is 0 Å². The van der Waals surface area contributed by atoms with E-state index in [1.54, 1.807) is 0 Å². The van der Waals surface area contributed by atoms with Crippen molar-refractivity contribution in [1.82, 2.24) is 0 Å². The second-order valence-electron chi connectivity index (χ2n) is 6.22. The number of hydrogen-bond donors (Lipinski definition) is 1. The van der Waals surface area contributed by atoms with Crippen molar-refractivity contribution in [1.29, 1.82) is 0 Å².